The van der Waals surface area contributed by atoms with Crippen LogP contribution in [-0.2, 0) is 10.4 Å². The summed E-state index contributed by atoms with van der Waals surface area (Å²) in [4.78, 5) is 14.0. The van der Waals surface area contributed by atoms with Gasteiger partial charge in [0, 0.05) is 98.5 Å². The molecule has 8 aromatic rings. The lowest BCUT2D eigenvalue weighted by Gasteiger charge is -2.13. The second-order valence-electron chi connectivity index (χ2n) is 13.1. The average Bonchev–Trinajstić information content (AvgIpc) is 3.12. The van der Waals surface area contributed by atoms with Gasteiger partial charge < -0.3 is 18.9 Å². The molecule has 0 N–H and O–H groups in total. The SMILES string of the molecule is Cc1ccc2c(c1)nc1ccc(N(C)C)cc1[n+]2-c1ccccc1.Cc1ccc2c(c1)nc1ccc(N(C)C)cc1[n+]2-c1ccccc1.O=S(=O)([O-])[O-]. The van der Waals surface area contributed by atoms with E-state index in [9.17, 15) is 0 Å². The molecule has 2 heterocycles. The molecule has 0 fully saturated rings. The topological polar surface area (TPSA) is 120 Å². The highest BCUT2D eigenvalue weighted by Gasteiger charge is 2.21. The minimum atomic E-state index is -5.17. The van der Waals surface area contributed by atoms with Gasteiger partial charge in [0.1, 0.15) is 22.1 Å². The Morgan fingerprint density at radius 3 is 1.17 bits per heavy atom. The molecule has 0 aliphatic heterocycles. The number of para-hydroxylation sites is 2. The highest BCUT2D eigenvalue weighted by Crippen LogP contribution is 2.24. The van der Waals surface area contributed by atoms with E-state index in [-0.39, 0.29) is 0 Å². The molecule has 0 aliphatic carbocycles. The van der Waals surface area contributed by atoms with Gasteiger partial charge in [0.2, 0.25) is 33.4 Å². The van der Waals surface area contributed by atoms with Crippen molar-refractivity contribution in [3.05, 3.63) is 145 Å². The zero-order valence-corrected chi connectivity index (χ0v) is 31.2. The second kappa shape index (κ2) is 15.3. The third-order valence-electron chi connectivity index (χ3n) is 8.69. The maximum Gasteiger partial charge on any atom is 0.239 e. The standard InChI is InChI=1S/2C21H20N3.H2O4S/c2*1-15-9-12-20-19(13-15)22-18-11-10-17(23(2)3)14-21(18)24(20)16-7-5-4-6-8-16;1-5(2,3)4/h2*4-14H,1-3H3;(H2,1,2,3,4)/q2*+1;/p-2. The molecule has 0 bridgehead atoms. The zero-order chi connectivity index (χ0) is 37.9. The van der Waals surface area contributed by atoms with Crippen molar-refractivity contribution in [1.29, 1.82) is 0 Å². The van der Waals surface area contributed by atoms with Crippen LogP contribution >= 0.6 is 0 Å². The molecule has 53 heavy (non-hydrogen) atoms. The fraction of sp³-hybridized carbons (Fsp3) is 0.143. The zero-order valence-electron chi connectivity index (χ0n) is 30.4. The van der Waals surface area contributed by atoms with E-state index in [0.29, 0.717) is 0 Å². The molecule has 2 aromatic heterocycles. The first kappa shape index (κ1) is 36.8. The van der Waals surface area contributed by atoms with Crippen molar-refractivity contribution in [2.75, 3.05) is 38.0 Å². The second-order valence-corrected chi connectivity index (χ2v) is 13.9. The summed E-state index contributed by atoms with van der Waals surface area (Å²) < 4.78 is 38.7. The van der Waals surface area contributed by atoms with Crippen molar-refractivity contribution in [3.8, 4) is 11.4 Å². The minimum Gasteiger partial charge on any atom is -0.759 e. The molecule has 0 aliphatic rings. The largest absolute Gasteiger partial charge is 0.759 e. The van der Waals surface area contributed by atoms with Crippen LogP contribution in [0.1, 0.15) is 11.1 Å². The molecular formula is C42H40N6O4S. The highest BCUT2D eigenvalue weighted by molar-refractivity contribution is 7.79. The molecule has 0 unspecified atom stereocenters. The quantitative estimate of drug-likeness (QED) is 0.0848. The first-order valence-electron chi connectivity index (χ1n) is 16.9. The van der Waals surface area contributed by atoms with Crippen LogP contribution in [0.5, 0.6) is 0 Å². The summed E-state index contributed by atoms with van der Waals surface area (Å²) >= 11 is 0. The van der Waals surface area contributed by atoms with Crippen molar-refractivity contribution in [2.45, 2.75) is 13.8 Å². The lowest BCUT2D eigenvalue weighted by atomic mass is 10.1. The van der Waals surface area contributed by atoms with E-state index in [1.54, 1.807) is 0 Å². The van der Waals surface area contributed by atoms with Gasteiger partial charge in [-0.05, 0) is 61.4 Å². The molecule has 6 aromatic carbocycles. The van der Waals surface area contributed by atoms with Crippen LogP contribution in [0.25, 0.3) is 55.5 Å². The monoisotopic (exact) mass is 724 g/mol. The molecule has 0 spiro atoms. The summed E-state index contributed by atoms with van der Waals surface area (Å²) in [5, 5.41) is 0. The van der Waals surface area contributed by atoms with Crippen molar-refractivity contribution >= 4 is 65.9 Å². The van der Waals surface area contributed by atoms with E-state index in [4.69, 9.17) is 27.5 Å². The number of hydrogen-bond donors (Lipinski definition) is 0. The summed E-state index contributed by atoms with van der Waals surface area (Å²) in [5.41, 5.74) is 15.6. The Bertz CT molecular complexity index is 2510. The maximum absolute atomic E-state index is 8.52. The van der Waals surface area contributed by atoms with Gasteiger partial charge in [0.15, 0.2) is 0 Å². The average molecular weight is 725 g/mol. The number of rotatable bonds is 4. The van der Waals surface area contributed by atoms with Crippen molar-refractivity contribution in [2.24, 2.45) is 0 Å². The van der Waals surface area contributed by atoms with Gasteiger partial charge in [-0.25, -0.2) is 9.97 Å². The Hall–Kier alpha value is -6.01. The Labute approximate surface area is 309 Å². The Morgan fingerprint density at radius 2 is 0.830 bits per heavy atom. The molecule has 0 saturated carbocycles. The predicted octanol–water partition coefficient (Wildman–Crippen LogP) is 6.74. The molecular weight excluding hydrogens is 685 g/mol. The van der Waals surface area contributed by atoms with Crippen LogP contribution in [0.3, 0.4) is 0 Å². The van der Waals surface area contributed by atoms with E-state index in [0.717, 1.165) is 55.5 Å². The molecule has 10 nitrogen and oxygen atoms in total. The van der Waals surface area contributed by atoms with E-state index < -0.39 is 10.4 Å². The summed E-state index contributed by atoms with van der Waals surface area (Å²) in [5.74, 6) is 0. The number of nitrogens with zero attached hydrogens (tertiary/aromatic N) is 6. The molecule has 0 amide bonds. The number of aromatic nitrogens is 4. The molecule has 0 atom stereocenters. The smallest absolute Gasteiger partial charge is 0.239 e. The third-order valence-corrected chi connectivity index (χ3v) is 8.69. The van der Waals surface area contributed by atoms with Gasteiger partial charge in [0.05, 0.1) is 0 Å². The van der Waals surface area contributed by atoms with Crippen LogP contribution in [-0.4, -0.2) is 55.7 Å². The van der Waals surface area contributed by atoms with E-state index in [2.05, 4.69) is 182 Å². The van der Waals surface area contributed by atoms with Gasteiger partial charge >= 0.3 is 0 Å². The lowest BCUT2D eigenvalue weighted by molar-refractivity contribution is -0.538. The van der Waals surface area contributed by atoms with E-state index in [1.807, 2.05) is 12.1 Å². The minimum absolute atomic E-state index is 1.00. The normalized spacial score (nSPS) is 11.2. The van der Waals surface area contributed by atoms with Gasteiger partial charge in [-0.2, -0.15) is 0 Å². The van der Waals surface area contributed by atoms with Gasteiger partial charge in [-0.15, -0.1) is 9.13 Å². The van der Waals surface area contributed by atoms with Crippen molar-refractivity contribution in [1.82, 2.24) is 9.97 Å². The maximum atomic E-state index is 8.52. The van der Waals surface area contributed by atoms with Crippen LogP contribution in [0.4, 0.5) is 11.4 Å². The molecule has 11 heteroatoms. The Balaban J connectivity index is 0.000000161. The van der Waals surface area contributed by atoms with Crippen LogP contribution in [0.2, 0.25) is 0 Å². The summed E-state index contributed by atoms with van der Waals surface area (Å²) in [6, 6.07) is 46.7. The summed E-state index contributed by atoms with van der Waals surface area (Å²) in [6.45, 7) is 4.21. The van der Waals surface area contributed by atoms with Crippen molar-refractivity contribution in [3.63, 3.8) is 0 Å². The Kier molecular flexibility index (Phi) is 10.6. The van der Waals surface area contributed by atoms with Crippen LogP contribution in [0, 0.1) is 13.8 Å². The summed E-state index contributed by atoms with van der Waals surface area (Å²) in [6.07, 6.45) is 0. The fourth-order valence-corrected chi connectivity index (χ4v) is 6.18. The van der Waals surface area contributed by atoms with Crippen molar-refractivity contribution < 1.29 is 26.7 Å². The molecule has 268 valence electrons. The highest BCUT2D eigenvalue weighted by atomic mass is 32.3. The number of hydrogen-bond acceptors (Lipinski definition) is 8. The molecule has 0 saturated heterocycles. The number of aryl methyl sites for hydroxylation is 2. The molecule has 0 radical (unpaired) electrons. The number of benzene rings is 6. The fourth-order valence-electron chi connectivity index (χ4n) is 6.18. The van der Waals surface area contributed by atoms with E-state index >= 15 is 0 Å². The predicted molar refractivity (Wildman–Crippen MR) is 210 cm³/mol. The first-order valence-corrected chi connectivity index (χ1v) is 18.2. The van der Waals surface area contributed by atoms with Crippen LogP contribution in [0.15, 0.2) is 133 Å². The number of fused-ring (bicyclic) bond motifs is 4. The molecule has 8 rings (SSSR count). The van der Waals surface area contributed by atoms with Gasteiger partial charge in [0.25, 0.3) is 0 Å². The summed E-state index contributed by atoms with van der Waals surface area (Å²) in [7, 11) is 3.08. The third kappa shape index (κ3) is 8.56. The van der Waals surface area contributed by atoms with Gasteiger partial charge in [-0.1, -0.05) is 48.5 Å². The number of anilines is 2. The lowest BCUT2D eigenvalue weighted by Crippen LogP contribution is -2.33. The van der Waals surface area contributed by atoms with Crippen LogP contribution < -0.4 is 18.9 Å². The first-order chi connectivity index (χ1) is 25.3. The van der Waals surface area contributed by atoms with E-state index in [1.165, 1.54) is 22.5 Å². The Morgan fingerprint density at radius 1 is 0.472 bits per heavy atom. The van der Waals surface area contributed by atoms with Gasteiger partial charge in [-0.3, -0.25) is 8.42 Å².